The predicted octanol–water partition coefficient (Wildman–Crippen LogP) is 0.180. The smallest absolute Gasteiger partial charge is 0.328 e. The van der Waals surface area contributed by atoms with Gasteiger partial charge < -0.3 is 31.9 Å². The van der Waals surface area contributed by atoms with Gasteiger partial charge in [0.2, 0.25) is 17.7 Å². The van der Waals surface area contributed by atoms with Crippen molar-refractivity contribution in [2.45, 2.75) is 71.1 Å². The van der Waals surface area contributed by atoms with Crippen LogP contribution < -0.4 is 21.7 Å². The van der Waals surface area contributed by atoms with Crippen molar-refractivity contribution in [3.63, 3.8) is 0 Å². The van der Waals surface area contributed by atoms with Crippen LogP contribution in [0.4, 0.5) is 0 Å². The lowest BCUT2D eigenvalue weighted by Gasteiger charge is -2.28. The van der Waals surface area contributed by atoms with Gasteiger partial charge in [-0.3, -0.25) is 14.4 Å². The lowest BCUT2D eigenvalue weighted by atomic mass is 9.96. The van der Waals surface area contributed by atoms with E-state index in [-0.39, 0.29) is 18.3 Å². The Balaban J connectivity index is 3.12. The number of benzene rings is 1. The molecule has 0 fully saturated rings. The number of carboxylic acid groups (broad SMARTS) is 1. The Bertz CT molecular complexity index is 819. The number of rotatable bonds is 14. The fraction of sp³-hybridized carbons (Fsp3) is 0.583. The second-order valence-corrected chi connectivity index (χ2v) is 8.62. The molecule has 0 radical (unpaired) electrons. The Kier molecular flexibility index (Phi) is 12.2. The molecule has 10 heteroatoms. The Labute approximate surface area is 200 Å². The normalized spacial score (nSPS) is 16.3. The first-order chi connectivity index (χ1) is 16.0. The topological polar surface area (TPSA) is 171 Å². The monoisotopic (exact) mass is 478 g/mol. The highest BCUT2D eigenvalue weighted by atomic mass is 16.4. The molecule has 34 heavy (non-hydrogen) atoms. The summed E-state index contributed by atoms with van der Waals surface area (Å²) >= 11 is 0. The van der Waals surface area contributed by atoms with Crippen LogP contribution in [0.5, 0.6) is 0 Å². The lowest BCUT2D eigenvalue weighted by Crippen LogP contribution is -2.59. The minimum atomic E-state index is -1.50. The van der Waals surface area contributed by atoms with Gasteiger partial charge in [0.05, 0.1) is 12.6 Å². The average molecular weight is 479 g/mol. The van der Waals surface area contributed by atoms with E-state index in [4.69, 9.17) is 10.8 Å². The molecule has 0 bridgehead atoms. The summed E-state index contributed by atoms with van der Waals surface area (Å²) in [5, 5.41) is 26.0. The summed E-state index contributed by atoms with van der Waals surface area (Å²) in [6.45, 7) is 6.54. The molecular weight excluding hydrogens is 440 g/mol. The van der Waals surface area contributed by atoms with Gasteiger partial charge in [-0.25, -0.2) is 4.79 Å². The van der Waals surface area contributed by atoms with E-state index in [0.29, 0.717) is 12.8 Å². The van der Waals surface area contributed by atoms with Gasteiger partial charge in [-0.2, -0.15) is 0 Å². The minimum absolute atomic E-state index is 0.0921. The number of nitrogens with one attached hydrogen (secondary N) is 3. The molecule has 0 aliphatic rings. The quantitative estimate of drug-likeness (QED) is 0.221. The third kappa shape index (κ3) is 8.75. The molecule has 0 saturated carbocycles. The van der Waals surface area contributed by atoms with Crippen molar-refractivity contribution in [1.29, 1.82) is 0 Å². The van der Waals surface area contributed by atoms with Gasteiger partial charge in [-0.1, -0.05) is 70.9 Å². The second-order valence-electron chi connectivity index (χ2n) is 8.62. The van der Waals surface area contributed by atoms with Crippen molar-refractivity contribution in [3.05, 3.63) is 35.9 Å². The number of aliphatic hydroxyl groups excluding tert-OH is 1. The standard InChI is InChI=1S/C24H38N4O6/c1-5-14(3)19(25)22(31)26-17(12-16-10-8-7-9-11-16)21(30)28-20(15(4)6-2)23(32)27-18(13-29)24(33)34/h7-11,14-15,17-20,29H,5-6,12-13,25H2,1-4H3,(H,26,31)(H,27,32)(H,28,30)(H,33,34). The highest BCUT2D eigenvalue weighted by Gasteiger charge is 2.33. The molecule has 6 atom stereocenters. The highest BCUT2D eigenvalue weighted by molar-refractivity contribution is 5.94. The summed E-state index contributed by atoms with van der Waals surface area (Å²) in [4.78, 5) is 50.0. The van der Waals surface area contributed by atoms with Crippen molar-refractivity contribution >= 4 is 23.7 Å². The lowest BCUT2D eigenvalue weighted by molar-refractivity contribution is -0.143. The maximum absolute atomic E-state index is 13.3. The number of carbonyl (C=O) groups is 4. The maximum atomic E-state index is 13.3. The number of aliphatic hydroxyl groups is 1. The third-order valence-electron chi connectivity index (χ3n) is 6.07. The molecular formula is C24H38N4O6. The molecule has 190 valence electrons. The van der Waals surface area contributed by atoms with Crippen LogP contribution in [0, 0.1) is 11.8 Å². The Morgan fingerprint density at radius 2 is 1.41 bits per heavy atom. The van der Waals surface area contributed by atoms with E-state index >= 15 is 0 Å². The molecule has 1 aromatic rings. The van der Waals surface area contributed by atoms with Gasteiger partial charge in [0.1, 0.15) is 18.1 Å². The van der Waals surface area contributed by atoms with Gasteiger partial charge in [-0.15, -0.1) is 0 Å². The summed E-state index contributed by atoms with van der Waals surface area (Å²) in [5.74, 6) is -3.62. The van der Waals surface area contributed by atoms with Crippen LogP contribution in [0.3, 0.4) is 0 Å². The zero-order chi connectivity index (χ0) is 25.8. The molecule has 0 aliphatic heterocycles. The van der Waals surface area contributed by atoms with Gasteiger partial charge in [0, 0.05) is 6.42 Å². The van der Waals surface area contributed by atoms with Crippen LogP contribution >= 0.6 is 0 Å². The van der Waals surface area contributed by atoms with Crippen molar-refractivity contribution in [1.82, 2.24) is 16.0 Å². The van der Waals surface area contributed by atoms with Crippen molar-refractivity contribution in [2.24, 2.45) is 17.6 Å². The molecule has 0 saturated heterocycles. The van der Waals surface area contributed by atoms with Crippen LogP contribution in [-0.2, 0) is 25.6 Å². The average Bonchev–Trinajstić information content (AvgIpc) is 2.83. The highest BCUT2D eigenvalue weighted by Crippen LogP contribution is 2.11. The van der Waals surface area contributed by atoms with Gasteiger partial charge in [-0.05, 0) is 17.4 Å². The summed E-state index contributed by atoms with van der Waals surface area (Å²) in [6, 6.07) is 4.73. The molecule has 1 rings (SSSR count). The van der Waals surface area contributed by atoms with Gasteiger partial charge >= 0.3 is 5.97 Å². The molecule has 10 nitrogen and oxygen atoms in total. The predicted molar refractivity (Wildman–Crippen MR) is 128 cm³/mol. The number of carbonyl (C=O) groups excluding carboxylic acids is 3. The summed E-state index contributed by atoms with van der Waals surface area (Å²) in [5.41, 5.74) is 6.85. The maximum Gasteiger partial charge on any atom is 0.328 e. The fourth-order valence-electron chi connectivity index (χ4n) is 3.24. The van der Waals surface area contributed by atoms with Crippen molar-refractivity contribution in [3.8, 4) is 0 Å². The first-order valence-corrected chi connectivity index (χ1v) is 11.6. The number of carboxylic acids is 1. The van der Waals surface area contributed by atoms with E-state index in [1.54, 1.807) is 6.92 Å². The number of amides is 3. The zero-order valence-electron chi connectivity index (χ0n) is 20.3. The first kappa shape index (κ1) is 29.1. The van der Waals surface area contributed by atoms with Crippen LogP contribution in [0.25, 0.3) is 0 Å². The molecule has 0 aliphatic carbocycles. The summed E-state index contributed by atoms with van der Waals surface area (Å²) in [6.07, 6.45) is 1.38. The molecule has 0 aromatic heterocycles. The van der Waals surface area contributed by atoms with E-state index in [0.717, 1.165) is 5.56 Å². The second kappa shape index (κ2) is 14.3. The fourth-order valence-corrected chi connectivity index (χ4v) is 3.24. The largest absolute Gasteiger partial charge is 0.480 e. The molecule has 0 spiro atoms. The Hall–Kier alpha value is -2.98. The van der Waals surface area contributed by atoms with E-state index < -0.39 is 54.5 Å². The Morgan fingerprint density at radius 1 is 0.853 bits per heavy atom. The van der Waals surface area contributed by atoms with Crippen LogP contribution in [0.15, 0.2) is 30.3 Å². The van der Waals surface area contributed by atoms with E-state index in [2.05, 4.69) is 16.0 Å². The number of hydrogen-bond donors (Lipinski definition) is 6. The SMILES string of the molecule is CCC(C)C(N)C(=O)NC(Cc1ccccc1)C(=O)NC(C(=O)NC(CO)C(=O)O)C(C)CC. The molecule has 6 unspecified atom stereocenters. The third-order valence-corrected chi connectivity index (χ3v) is 6.07. The van der Waals surface area contributed by atoms with Crippen LogP contribution in [0.1, 0.15) is 46.1 Å². The van der Waals surface area contributed by atoms with E-state index in [1.807, 2.05) is 51.1 Å². The van der Waals surface area contributed by atoms with Gasteiger partial charge in [0.25, 0.3) is 0 Å². The first-order valence-electron chi connectivity index (χ1n) is 11.6. The van der Waals surface area contributed by atoms with Gasteiger partial charge in [0.15, 0.2) is 0 Å². The molecule has 0 heterocycles. The van der Waals surface area contributed by atoms with Crippen LogP contribution in [0.2, 0.25) is 0 Å². The van der Waals surface area contributed by atoms with Crippen molar-refractivity contribution < 1.29 is 29.4 Å². The molecule has 1 aromatic carbocycles. The number of hydrogen-bond acceptors (Lipinski definition) is 6. The summed E-state index contributed by atoms with van der Waals surface area (Å²) < 4.78 is 0. The van der Waals surface area contributed by atoms with Crippen molar-refractivity contribution in [2.75, 3.05) is 6.61 Å². The van der Waals surface area contributed by atoms with E-state index in [1.165, 1.54) is 0 Å². The van der Waals surface area contributed by atoms with E-state index in [9.17, 15) is 24.3 Å². The Morgan fingerprint density at radius 3 is 1.91 bits per heavy atom. The molecule has 7 N–H and O–H groups in total. The number of nitrogens with two attached hydrogens (primary N) is 1. The summed E-state index contributed by atoms with van der Waals surface area (Å²) in [7, 11) is 0. The zero-order valence-corrected chi connectivity index (χ0v) is 20.3. The minimum Gasteiger partial charge on any atom is -0.480 e. The van der Waals surface area contributed by atoms with Crippen LogP contribution in [-0.4, -0.2) is 64.7 Å². The number of aliphatic carboxylic acids is 1. The molecule has 3 amide bonds.